The van der Waals surface area contributed by atoms with Crippen molar-refractivity contribution in [2.45, 2.75) is 20.8 Å². The minimum absolute atomic E-state index is 0.0242. The lowest BCUT2D eigenvalue weighted by molar-refractivity contribution is 0.0699. The van der Waals surface area contributed by atoms with Crippen molar-refractivity contribution in [1.29, 1.82) is 0 Å². The molecule has 0 unspecified atom stereocenters. The molecule has 3 rings (SSSR count). The van der Waals surface area contributed by atoms with Crippen LogP contribution in [0.2, 0.25) is 0 Å². The van der Waals surface area contributed by atoms with Crippen LogP contribution in [-0.4, -0.2) is 73.7 Å². The number of nitrogens with zero attached hydrogens (tertiary/aromatic N) is 4. The highest BCUT2D eigenvalue weighted by atomic mass is 16.4. The Morgan fingerprint density at radius 3 is 2.33 bits per heavy atom. The second-order valence-corrected chi connectivity index (χ2v) is 6.85. The summed E-state index contributed by atoms with van der Waals surface area (Å²) in [5.41, 5.74) is 0.316. The molecule has 0 aliphatic heterocycles. The Morgan fingerprint density at radius 1 is 1.03 bits per heavy atom. The molecule has 3 aromatic rings. The molecule has 0 saturated carbocycles. The number of phenols is 3. The van der Waals surface area contributed by atoms with E-state index in [2.05, 4.69) is 33.7 Å². The van der Waals surface area contributed by atoms with Gasteiger partial charge in [0.05, 0.1) is 17.7 Å². The van der Waals surface area contributed by atoms with Crippen molar-refractivity contribution in [3.63, 3.8) is 0 Å². The summed E-state index contributed by atoms with van der Waals surface area (Å²) in [6.07, 6.45) is 1.46. The Hall–Kier alpha value is -3.46. The molecular weight excluding hydrogens is 388 g/mol. The Bertz CT molecular complexity index is 1160. The van der Waals surface area contributed by atoms with Gasteiger partial charge >= 0.3 is 5.97 Å². The van der Waals surface area contributed by atoms with E-state index in [0.29, 0.717) is 6.54 Å². The maximum Gasteiger partial charge on any atom is 0.337 e. The third-order valence-corrected chi connectivity index (χ3v) is 5.14. The fourth-order valence-electron chi connectivity index (χ4n) is 3.27. The molecule has 0 atom stereocenters. The predicted octanol–water partition coefficient (Wildman–Crippen LogP) is 2.67. The van der Waals surface area contributed by atoms with Gasteiger partial charge in [0, 0.05) is 18.3 Å². The molecule has 0 spiro atoms. The first kappa shape index (κ1) is 21.3. The third kappa shape index (κ3) is 3.71. The number of hydrogen-bond donors (Lipinski definition) is 4. The van der Waals surface area contributed by atoms with E-state index in [0.717, 1.165) is 19.6 Å². The summed E-state index contributed by atoms with van der Waals surface area (Å²) in [6, 6.07) is 2.44. The van der Waals surface area contributed by atoms with Crippen LogP contribution in [0.25, 0.3) is 22.1 Å². The number of carboxylic acids is 1. The standard InChI is InChI=1S/C21H24N4O5/c1-4-25(5-2)9-8-22-10-13-16-18(20(28)11(3)19(13)27)24-15-12(21(29)30)6-7-14(26)17(15)23-16/h6-7,10,26-28H,4-5,8-9H2,1-3H3,(H,29,30)/b22-10+. The quantitative estimate of drug-likeness (QED) is 0.343. The van der Waals surface area contributed by atoms with Crippen LogP contribution in [0, 0.1) is 6.92 Å². The van der Waals surface area contributed by atoms with E-state index >= 15 is 0 Å². The largest absolute Gasteiger partial charge is 0.507 e. The van der Waals surface area contributed by atoms with Crippen LogP contribution in [0.3, 0.4) is 0 Å². The van der Waals surface area contributed by atoms with E-state index in [-0.39, 0.29) is 56.0 Å². The van der Waals surface area contributed by atoms with Gasteiger partial charge in [-0.25, -0.2) is 14.8 Å². The van der Waals surface area contributed by atoms with Gasteiger partial charge in [-0.3, -0.25) is 4.99 Å². The molecule has 1 heterocycles. The van der Waals surface area contributed by atoms with Crippen molar-refractivity contribution >= 4 is 34.3 Å². The molecule has 2 aromatic carbocycles. The molecule has 0 amide bonds. The predicted molar refractivity (Wildman–Crippen MR) is 114 cm³/mol. The van der Waals surface area contributed by atoms with E-state index in [4.69, 9.17) is 0 Å². The SMILES string of the molecule is CCN(CC)CC/N=C/c1c(O)c(C)c(O)c2nc3c(C(=O)O)ccc(O)c3nc12. The van der Waals surface area contributed by atoms with E-state index in [1.54, 1.807) is 0 Å². The summed E-state index contributed by atoms with van der Waals surface area (Å²) in [5, 5.41) is 40.7. The molecule has 9 nitrogen and oxygen atoms in total. The first-order chi connectivity index (χ1) is 14.3. The summed E-state index contributed by atoms with van der Waals surface area (Å²) in [7, 11) is 0. The molecule has 0 radical (unpaired) electrons. The topological polar surface area (TPSA) is 139 Å². The highest BCUT2D eigenvalue weighted by molar-refractivity contribution is 6.08. The van der Waals surface area contributed by atoms with Crippen LogP contribution in [-0.2, 0) is 0 Å². The number of benzene rings is 2. The molecule has 4 N–H and O–H groups in total. The Balaban J connectivity index is 2.21. The molecule has 1 aromatic heterocycles. The lowest BCUT2D eigenvalue weighted by atomic mass is 10.0. The maximum atomic E-state index is 11.5. The highest BCUT2D eigenvalue weighted by Crippen LogP contribution is 2.38. The second kappa shape index (κ2) is 8.50. The number of carboxylic acid groups (broad SMARTS) is 1. The van der Waals surface area contributed by atoms with Crippen molar-refractivity contribution in [3.05, 3.63) is 28.8 Å². The molecule has 30 heavy (non-hydrogen) atoms. The number of likely N-dealkylation sites (N-methyl/N-ethyl adjacent to an activating group) is 1. The van der Waals surface area contributed by atoms with Crippen LogP contribution in [0.5, 0.6) is 17.2 Å². The molecule has 0 aliphatic carbocycles. The summed E-state index contributed by atoms with van der Waals surface area (Å²) < 4.78 is 0. The lowest BCUT2D eigenvalue weighted by Gasteiger charge is -2.16. The van der Waals surface area contributed by atoms with Crippen LogP contribution >= 0.6 is 0 Å². The van der Waals surface area contributed by atoms with Gasteiger partial charge in [-0.2, -0.15) is 0 Å². The van der Waals surface area contributed by atoms with Crippen LogP contribution in [0.15, 0.2) is 17.1 Å². The number of aromatic carboxylic acids is 1. The molecule has 0 aliphatic rings. The third-order valence-electron chi connectivity index (χ3n) is 5.14. The molecule has 0 saturated heterocycles. The van der Waals surface area contributed by atoms with E-state index in [1.165, 1.54) is 25.3 Å². The maximum absolute atomic E-state index is 11.5. The number of aliphatic imine (C=N–C) groups is 1. The van der Waals surface area contributed by atoms with Gasteiger partial charge in [0.2, 0.25) is 0 Å². The monoisotopic (exact) mass is 412 g/mol. The minimum atomic E-state index is -1.23. The number of phenolic OH excluding ortho intramolecular Hbond substituents is 3. The van der Waals surface area contributed by atoms with Gasteiger partial charge in [-0.15, -0.1) is 0 Å². The molecule has 9 heteroatoms. The first-order valence-electron chi connectivity index (χ1n) is 9.63. The van der Waals surface area contributed by atoms with Gasteiger partial charge in [0.1, 0.15) is 39.3 Å². The summed E-state index contributed by atoms with van der Waals surface area (Å²) >= 11 is 0. The fraction of sp³-hybridized carbons (Fsp3) is 0.333. The zero-order valence-corrected chi connectivity index (χ0v) is 17.0. The van der Waals surface area contributed by atoms with Crippen molar-refractivity contribution in [2.24, 2.45) is 4.99 Å². The average molecular weight is 412 g/mol. The number of fused-ring (bicyclic) bond motifs is 2. The van der Waals surface area contributed by atoms with Crippen LogP contribution < -0.4 is 0 Å². The molecule has 0 fully saturated rings. The number of hydrogen-bond acceptors (Lipinski definition) is 8. The van der Waals surface area contributed by atoms with Gasteiger partial charge in [-0.1, -0.05) is 13.8 Å². The Labute approximate surface area is 173 Å². The molecule has 158 valence electrons. The van der Waals surface area contributed by atoms with Crippen molar-refractivity contribution in [1.82, 2.24) is 14.9 Å². The lowest BCUT2D eigenvalue weighted by Crippen LogP contribution is -2.25. The Kier molecular flexibility index (Phi) is 6.02. The zero-order valence-electron chi connectivity index (χ0n) is 17.0. The smallest absolute Gasteiger partial charge is 0.337 e. The van der Waals surface area contributed by atoms with Crippen LogP contribution in [0.1, 0.15) is 35.3 Å². The van der Waals surface area contributed by atoms with Gasteiger partial charge < -0.3 is 25.3 Å². The summed E-state index contributed by atoms with van der Waals surface area (Å²) in [6.45, 7) is 8.70. The minimum Gasteiger partial charge on any atom is -0.507 e. The highest BCUT2D eigenvalue weighted by Gasteiger charge is 2.21. The van der Waals surface area contributed by atoms with E-state index in [1.807, 2.05) is 0 Å². The van der Waals surface area contributed by atoms with E-state index < -0.39 is 5.97 Å². The van der Waals surface area contributed by atoms with Gasteiger partial charge in [0.15, 0.2) is 0 Å². The zero-order chi connectivity index (χ0) is 22.0. The second-order valence-electron chi connectivity index (χ2n) is 6.85. The van der Waals surface area contributed by atoms with Crippen molar-refractivity contribution in [2.75, 3.05) is 26.2 Å². The van der Waals surface area contributed by atoms with Gasteiger partial charge in [-0.05, 0) is 32.1 Å². The van der Waals surface area contributed by atoms with E-state index in [9.17, 15) is 25.2 Å². The van der Waals surface area contributed by atoms with Crippen molar-refractivity contribution < 1.29 is 25.2 Å². The van der Waals surface area contributed by atoms with Crippen molar-refractivity contribution in [3.8, 4) is 17.2 Å². The van der Waals surface area contributed by atoms with Crippen LogP contribution in [0.4, 0.5) is 0 Å². The molecular formula is C21H24N4O5. The first-order valence-corrected chi connectivity index (χ1v) is 9.63. The fourth-order valence-corrected chi connectivity index (χ4v) is 3.27. The number of rotatable bonds is 7. The summed E-state index contributed by atoms with van der Waals surface area (Å²) in [5.74, 6) is -2.00. The number of carbonyl (C=O) groups is 1. The Morgan fingerprint density at radius 2 is 1.70 bits per heavy atom. The normalized spacial score (nSPS) is 11.9. The number of aromatic nitrogens is 2. The average Bonchev–Trinajstić information content (AvgIpc) is 2.73. The molecule has 0 bridgehead atoms. The van der Waals surface area contributed by atoms with Gasteiger partial charge in [0.25, 0.3) is 0 Å². The number of aromatic hydroxyl groups is 3. The summed E-state index contributed by atoms with van der Waals surface area (Å²) in [4.78, 5) is 26.7.